The Morgan fingerprint density at radius 1 is 0.340 bits per heavy atom. The quantitative estimate of drug-likeness (QED) is 0.164. The third-order valence-electron chi connectivity index (χ3n) is 10.5. The topological polar surface area (TPSA) is 0 Å². The van der Waals surface area contributed by atoms with Gasteiger partial charge in [-0.05, 0) is 82.9 Å². The molecule has 0 saturated carbocycles. The van der Waals surface area contributed by atoms with E-state index in [-0.39, 0.29) is 0 Å². The summed E-state index contributed by atoms with van der Waals surface area (Å²) in [5.74, 6) is 0. The van der Waals surface area contributed by atoms with Crippen molar-refractivity contribution in [1.82, 2.24) is 0 Å². The molecule has 0 nitrogen and oxygen atoms in total. The molecule has 2 heteroatoms. The van der Waals surface area contributed by atoms with Crippen LogP contribution in [-0.2, 0) is 0 Å². The van der Waals surface area contributed by atoms with Crippen molar-refractivity contribution in [3.05, 3.63) is 169 Å². The number of hydrogen-bond donors (Lipinski definition) is 0. The van der Waals surface area contributed by atoms with Gasteiger partial charge in [0.05, 0.1) is 0 Å². The summed E-state index contributed by atoms with van der Waals surface area (Å²) in [7, 11) is 0. The average Bonchev–Trinajstić information content (AvgIpc) is 3.78. The molecule has 11 rings (SSSR count). The fourth-order valence-corrected chi connectivity index (χ4v) is 10.7. The van der Waals surface area contributed by atoms with Crippen LogP contribution in [0.2, 0.25) is 0 Å². The zero-order valence-electron chi connectivity index (χ0n) is 27.0. The first-order valence-electron chi connectivity index (χ1n) is 17.1. The Morgan fingerprint density at radius 3 is 1.68 bits per heavy atom. The van der Waals surface area contributed by atoms with E-state index in [2.05, 4.69) is 169 Å². The van der Waals surface area contributed by atoms with Crippen LogP contribution in [0.4, 0.5) is 0 Å². The van der Waals surface area contributed by atoms with Gasteiger partial charge < -0.3 is 0 Å². The van der Waals surface area contributed by atoms with Crippen LogP contribution in [0.1, 0.15) is 0 Å². The summed E-state index contributed by atoms with van der Waals surface area (Å²) in [5, 5.41) is 16.7. The van der Waals surface area contributed by atoms with Crippen molar-refractivity contribution in [2.75, 3.05) is 0 Å². The van der Waals surface area contributed by atoms with E-state index < -0.39 is 0 Å². The second-order valence-corrected chi connectivity index (χ2v) is 15.1. The monoisotopic (exact) mass is 668 g/mol. The second kappa shape index (κ2) is 10.9. The highest BCUT2D eigenvalue weighted by Gasteiger charge is 2.21. The normalized spacial score (nSPS) is 12.0. The SMILES string of the molecule is c1ccc2cc(-c3csc4c3ccc3sc5c(-c6c7ccccc7c(-c7cccc8ccccc78)c7ccccc67)cccc5c34)ccc2c1. The average molecular weight is 669 g/mol. The van der Waals surface area contributed by atoms with Gasteiger partial charge in [-0.25, -0.2) is 0 Å². The molecule has 11 aromatic rings. The molecule has 0 radical (unpaired) electrons. The number of rotatable bonds is 3. The lowest BCUT2D eigenvalue weighted by Gasteiger charge is -2.19. The third kappa shape index (κ3) is 4.04. The maximum absolute atomic E-state index is 2.36. The summed E-state index contributed by atoms with van der Waals surface area (Å²) >= 11 is 3.81. The summed E-state index contributed by atoms with van der Waals surface area (Å²) in [5.41, 5.74) is 7.80. The number of thiophene rings is 2. The first-order chi connectivity index (χ1) is 24.8. The number of fused-ring (bicyclic) bond motifs is 9. The lowest BCUT2D eigenvalue weighted by Crippen LogP contribution is -1.91. The molecule has 0 amide bonds. The predicted molar refractivity (Wildman–Crippen MR) is 221 cm³/mol. The summed E-state index contributed by atoms with van der Waals surface area (Å²) in [4.78, 5) is 0. The Kier molecular flexibility index (Phi) is 6.09. The Bertz CT molecular complexity index is 3090. The van der Waals surface area contributed by atoms with E-state index in [0.717, 1.165) is 0 Å². The minimum Gasteiger partial charge on any atom is -0.142 e. The molecule has 0 aliphatic carbocycles. The largest absolute Gasteiger partial charge is 0.142 e. The predicted octanol–water partition coefficient (Wildman–Crippen LogP) is 14.9. The highest BCUT2D eigenvalue weighted by Crippen LogP contribution is 2.50. The first kappa shape index (κ1) is 28.1. The maximum Gasteiger partial charge on any atom is 0.0442 e. The van der Waals surface area contributed by atoms with Gasteiger partial charge in [-0.1, -0.05) is 152 Å². The summed E-state index contributed by atoms with van der Waals surface area (Å²) < 4.78 is 4.06. The van der Waals surface area contributed by atoms with Crippen LogP contribution in [-0.4, -0.2) is 0 Å². The highest BCUT2D eigenvalue weighted by atomic mass is 32.1. The van der Waals surface area contributed by atoms with E-state index in [9.17, 15) is 0 Å². The fourth-order valence-electron chi connectivity index (χ4n) is 8.30. The lowest BCUT2D eigenvalue weighted by atomic mass is 9.84. The van der Waals surface area contributed by atoms with E-state index in [1.807, 2.05) is 22.7 Å². The first-order valence-corrected chi connectivity index (χ1v) is 18.8. The van der Waals surface area contributed by atoms with E-state index in [1.54, 1.807) is 0 Å². The number of hydrogen-bond acceptors (Lipinski definition) is 2. The van der Waals surface area contributed by atoms with Crippen LogP contribution in [0, 0.1) is 0 Å². The Balaban J connectivity index is 1.19. The Labute approximate surface area is 297 Å². The van der Waals surface area contributed by atoms with E-state index in [4.69, 9.17) is 0 Å². The van der Waals surface area contributed by atoms with Gasteiger partial charge in [-0.2, -0.15) is 0 Å². The smallest absolute Gasteiger partial charge is 0.0442 e. The zero-order valence-corrected chi connectivity index (χ0v) is 28.6. The van der Waals surface area contributed by atoms with Crippen molar-refractivity contribution < 1.29 is 0 Å². The van der Waals surface area contributed by atoms with Crippen LogP contribution in [0.15, 0.2) is 169 Å². The van der Waals surface area contributed by atoms with Crippen LogP contribution in [0.25, 0.3) is 107 Å². The van der Waals surface area contributed by atoms with Crippen molar-refractivity contribution >= 4 is 96.0 Å². The van der Waals surface area contributed by atoms with E-state index in [1.165, 1.54) is 107 Å². The summed E-state index contributed by atoms with van der Waals surface area (Å²) in [6.45, 7) is 0. The molecular weight excluding hydrogens is 641 g/mol. The minimum atomic E-state index is 1.26. The number of benzene rings is 9. The summed E-state index contributed by atoms with van der Waals surface area (Å²) in [6, 6.07) is 60.7. The van der Waals surface area contributed by atoms with Crippen molar-refractivity contribution in [3.63, 3.8) is 0 Å². The van der Waals surface area contributed by atoms with Gasteiger partial charge in [0, 0.05) is 41.4 Å². The van der Waals surface area contributed by atoms with Gasteiger partial charge in [0.1, 0.15) is 0 Å². The van der Waals surface area contributed by atoms with Crippen LogP contribution in [0.3, 0.4) is 0 Å². The molecule has 0 fully saturated rings. The minimum absolute atomic E-state index is 1.26. The Hall–Kier alpha value is -5.80. The molecule has 0 atom stereocenters. The summed E-state index contributed by atoms with van der Waals surface area (Å²) in [6.07, 6.45) is 0. The van der Waals surface area contributed by atoms with E-state index >= 15 is 0 Å². The van der Waals surface area contributed by atoms with Gasteiger partial charge in [-0.15, -0.1) is 22.7 Å². The molecule has 0 aliphatic rings. The van der Waals surface area contributed by atoms with Crippen LogP contribution in [0.5, 0.6) is 0 Å². The highest BCUT2D eigenvalue weighted by molar-refractivity contribution is 7.27. The molecule has 232 valence electrons. The molecule has 9 aromatic carbocycles. The van der Waals surface area contributed by atoms with Crippen LogP contribution < -0.4 is 0 Å². The molecule has 0 bridgehead atoms. The molecular formula is C48H28S2. The third-order valence-corrected chi connectivity index (χ3v) is 12.7. The standard InChI is InChI=1S/C48H28S2/c1-2-13-31-27-32(24-23-29(31)11-1)42-28-49-48-39(42)25-26-43-46(48)41-22-10-21-40(47(41)50-43)45-37-18-7-5-16-35(37)44(36-17-6-8-19-38(36)45)34-20-9-14-30-12-3-4-15-33(30)34/h1-28H. The van der Waals surface area contributed by atoms with Gasteiger partial charge in [0.25, 0.3) is 0 Å². The second-order valence-electron chi connectivity index (χ2n) is 13.2. The Morgan fingerprint density at radius 2 is 0.920 bits per heavy atom. The van der Waals surface area contributed by atoms with Gasteiger partial charge >= 0.3 is 0 Å². The molecule has 0 saturated heterocycles. The zero-order chi connectivity index (χ0) is 32.8. The molecule has 2 aromatic heterocycles. The van der Waals surface area contributed by atoms with Gasteiger partial charge in [0.15, 0.2) is 0 Å². The molecule has 50 heavy (non-hydrogen) atoms. The lowest BCUT2D eigenvalue weighted by molar-refractivity contribution is 1.69. The van der Waals surface area contributed by atoms with Gasteiger partial charge in [-0.3, -0.25) is 0 Å². The van der Waals surface area contributed by atoms with Crippen molar-refractivity contribution in [1.29, 1.82) is 0 Å². The van der Waals surface area contributed by atoms with Crippen molar-refractivity contribution in [3.8, 4) is 33.4 Å². The molecule has 0 unspecified atom stereocenters. The van der Waals surface area contributed by atoms with Crippen LogP contribution >= 0.6 is 22.7 Å². The molecule has 0 aliphatic heterocycles. The molecule has 2 heterocycles. The van der Waals surface area contributed by atoms with Crippen molar-refractivity contribution in [2.45, 2.75) is 0 Å². The fraction of sp³-hybridized carbons (Fsp3) is 0. The van der Waals surface area contributed by atoms with E-state index in [0.29, 0.717) is 0 Å². The maximum atomic E-state index is 2.36. The molecule has 0 N–H and O–H groups in total. The molecule has 0 spiro atoms. The van der Waals surface area contributed by atoms with Crippen molar-refractivity contribution in [2.24, 2.45) is 0 Å². The van der Waals surface area contributed by atoms with Gasteiger partial charge in [0.2, 0.25) is 0 Å².